The number of urea groups is 1. The molecule has 134 valence electrons. The molecule has 8 nitrogen and oxygen atoms in total. The van der Waals surface area contributed by atoms with Gasteiger partial charge in [-0.05, 0) is 30.3 Å². The van der Waals surface area contributed by atoms with Crippen LogP contribution in [0, 0.1) is 0 Å². The lowest BCUT2D eigenvalue weighted by Gasteiger charge is -2.12. The minimum atomic E-state index is -4.02. The Morgan fingerprint density at radius 3 is 2.52 bits per heavy atom. The van der Waals surface area contributed by atoms with Crippen molar-refractivity contribution in [3.05, 3.63) is 48.5 Å². The van der Waals surface area contributed by atoms with Crippen molar-refractivity contribution in [3.8, 4) is 5.75 Å². The van der Waals surface area contributed by atoms with Crippen LogP contribution in [0.4, 0.5) is 16.2 Å². The molecule has 0 aromatic heterocycles. The van der Waals surface area contributed by atoms with E-state index in [2.05, 4.69) is 10.6 Å². The fraction of sp³-hybridized carbons (Fsp3) is 0.188. The molecule has 25 heavy (non-hydrogen) atoms. The van der Waals surface area contributed by atoms with E-state index in [0.29, 0.717) is 13.2 Å². The molecule has 0 saturated carbocycles. The molecule has 0 unspecified atom stereocenters. The first-order chi connectivity index (χ1) is 11.9. The molecule has 0 heterocycles. The minimum absolute atomic E-state index is 0.0969. The van der Waals surface area contributed by atoms with Gasteiger partial charge in [0.1, 0.15) is 10.6 Å². The number of anilines is 2. The predicted octanol–water partition coefficient (Wildman–Crippen LogP) is 1.80. The number of nitrogens with two attached hydrogens (primary N) is 1. The van der Waals surface area contributed by atoms with Gasteiger partial charge in [0.2, 0.25) is 0 Å². The molecule has 0 bridgehead atoms. The van der Waals surface area contributed by atoms with Crippen molar-refractivity contribution in [2.75, 3.05) is 31.3 Å². The normalized spacial score (nSPS) is 10.9. The van der Waals surface area contributed by atoms with Gasteiger partial charge in [-0.25, -0.2) is 4.79 Å². The second-order valence-electron chi connectivity index (χ2n) is 4.97. The van der Waals surface area contributed by atoms with Crippen LogP contribution in [-0.2, 0) is 14.9 Å². The van der Waals surface area contributed by atoms with Gasteiger partial charge in [-0.15, -0.1) is 0 Å². The third-order valence-electron chi connectivity index (χ3n) is 3.10. The first kappa shape index (κ1) is 18.6. The van der Waals surface area contributed by atoms with Crippen molar-refractivity contribution >= 4 is 27.5 Å². The summed E-state index contributed by atoms with van der Waals surface area (Å²) in [7, 11) is -2.50. The van der Waals surface area contributed by atoms with Gasteiger partial charge in [-0.1, -0.05) is 18.2 Å². The third kappa shape index (κ3) is 5.37. The zero-order valence-electron chi connectivity index (χ0n) is 13.6. The van der Waals surface area contributed by atoms with Crippen LogP contribution < -0.4 is 20.6 Å². The number of methoxy groups -OCH3 is 1. The van der Waals surface area contributed by atoms with E-state index in [0.717, 1.165) is 0 Å². The summed E-state index contributed by atoms with van der Waals surface area (Å²) in [5, 5.41) is 5.09. The molecule has 0 aliphatic rings. The maximum atomic E-state index is 12.3. The van der Waals surface area contributed by atoms with Crippen molar-refractivity contribution in [1.82, 2.24) is 5.32 Å². The third-order valence-corrected chi connectivity index (χ3v) is 4.34. The molecule has 0 atom stereocenters. The summed E-state index contributed by atoms with van der Waals surface area (Å²) in [6.45, 7) is 0.705. The molecule has 0 fully saturated rings. The topological polar surface area (TPSA) is 120 Å². The van der Waals surface area contributed by atoms with Crippen LogP contribution in [0.15, 0.2) is 53.4 Å². The largest absolute Gasteiger partial charge is 0.397 e. The maximum Gasteiger partial charge on any atom is 0.339 e. The number of hydrogen-bond acceptors (Lipinski definition) is 6. The van der Waals surface area contributed by atoms with Crippen LogP contribution in [0.3, 0.4) is 0 Å². The van der Waals surface area contributed by atoms with Gasteiger partial charge in [0, 0.05) is 13.7 Å². The van der Waals surface area contributed by atoms with Crippen molar-refractivity contribution in [2.24, 2.45) is 0 Å². The Morgan fingerprint density at radius 1 is 1.16 bits per heavy atom. The average molecular weight is 365 g/mol. The molecule has 9 heteroatoms. The molecule has 0 radical (unpaired) electrons. The SMILES string of the molecule is COCCNC(=O)Nc1ccc(S(=O)(=O)Oc2ccccc2)cc1N. The number of benzene rings is 2. The molecule has 2 amide bonds. The number of nitrogen functional groups attached to an aromatic ring is 1. The molecule has 2 aromatic carbocycles. The zero-order chi connectivity index (χ0) is 18.3. The van der Waals surface area contributed by atoms with Crippen LogP contribution in [0.5, 0.6) is 5.75 Å². The summed E-state index contributed by atoms with van der Waals surface area (Å²) < 4.78 is 34.4. The average Bonchev–Trinajstić information content (AvgIpc) is 2.57. The van der Waals surface area contributed by atoms with Gasteiger partial charge in [-0.2, -0.15) is 8.42 Å². The smallest absolute Gasteiger partial charge is 0.339 e. The van der Waals surface area contributed by atoms with E-state index in [1.54, 1.807) is 18.2 Å². The standard InChI is InChI=1S/C16H19N3O5S/c1-23-10-9-18-16(20)19-15-8-7-13(11-14(15)17)25(21,22)24-12-5-3-2-4-6-12/h2-8,11H,9-10,17H2,1H3,(H2,18,19,20). The number of nitrogens with one attached hydrogen (secondary N) is 2. The molecule has 4 N–H and O–H groups in total. The van der Waals surface area contributed by atoms with E-state index in [1.807, 2.05) is 0 Å². The second-order valence-corrected chi connectivity index (χ2v) is 6.52. The van der Waals surface area contributed by atoms with Crippen molar-refractivity contribution < 1.29 is 22.1 Å². The Morgan fingerprint density at radius 2 is 1.88 bits per heavy atom. The summed E-state index contributed by atoms with van der Waals surface area (Å²) in [6.07, 6.45) is 0. The lowest BCUT2D eigenvalue weighted by molar-refractivity contribution is 0.198. The Kier molecular flexibility index (Phi) is 6.20. The minimum Gasteiger partial charge on any atom is -0.397 e. The van der Waals surface area contributed by atoms with Crippen LogP contribution in [0.25, 0.3) is 0 Å². The fourth-order valence-electron chi connectivity index (χ4n) is 1.89. The van der Waals surface area contributed by atoms with Crippen LogP contribution in [0.2, 0.25) is 0 Å². The van der Waals surface area contributed by atoms with Gasteiger partial charge in [0.15, 0.2) is 0 Å². The van der Waals surface area contributed by atoms with Crippen LogP contribution in [-0.4, -0.2) is 34.7 Å². The molecule has 0 saturated heterocycles. The highest BCUT2D eigenvalue weighted by molar-refractivity contribution is 7.87. The van der Waals surface area contributed by atoms with Crippen molar-refractivity contribution in [2.45, 2.75) is 4.90 Å². The predicted molar refractivity (Wildman–Crippen MR) is 94.0 cm³/mol. The van der Waals surface area contributed by atoms with E-state index in [4.69, 9.17) is 14.7 Å². The molecule has 2 aromatic rings. The molecule has 0 aliphatic heterocycles. The number of amides is 2. The van der Waals surface area contributed by atoms with Gasteiger partial charge in [0.05, 0.1) is 18.0 Å². The van der Waals surface area contributed by atoms with Gasteiger partial charge in [-0.3, -0.25) is 0 Å². The lowest BCUT2D eigenvalue weighted by Crippen LogP contribution is -2.31. The second kappa shape index (κ2) is 8.36. The Bertz CT molecular complexity index is 825. The Labute approximate surface area is 146 Å². The van der Waals surface area contributed by atoms with Crippen molar-refractivity contribution in [1.29, 1.82) is 0 Å². The van der Waals surface area contributed by atoms with Gasteiger partial charge < -0.3 is 25.3 Å². The van der Waals surface area contributed by atoms with Crippen LogP contribution >= 0.6 is 0 Å². The highest BCUT2D eigenvalue weighted by atomic mass is 32.2. The summed E-state index contributed by atoms with van der Waals surface area (Å²) in [4.78, 5) is 11.6. The molecular formula is C16H19N3O5S. The molecular weight excluding hydrogens is 346 g/mol. The fourth-order valence-corrected chi connectivity index (χ4v) is 2.86. The summed E-state index contributed by atoms with van der Waals surface area (Å²) >= 11 is 0. The number of carbonyl (C=O) groups excluding carboxylic acids is 1. The number of rotatable bonds is 7. The first-order valence-electron chi connectivity index (χ1n) is 7.35. The highest BCUT2D eigenvalue weighted by Gasteiger charge is 2.18. The molecule has 2 rings (SSSR count). The number of hydrogen-bond donors (Lipinski definition) is 3. The summed E-state index contributed by atoms with van der Waals surface area (Å²) in [5.41, 5.74) is 6.21. The Hall–Kier alpha value is -2.78. The zero-order valence-corrected chi connectivity index (χ0v) is 14.4. The lowest BCUT2D eigenvalue weighted by atomic mass is 10.3. The van der Waals surface area contributed by atoms with E-state index < -0.39 is 16.1 Å². The number of ether oxygens (including phenoxy) is 1. The van der Waals surface area contributed by atoms with Crippen LogP contribution in [0.1, 0.15) is 0 Å². The quantitative estimate of drug-likeness (QED) is 0.391. The van der Waals surface area contributed by atoms with E-state index in [1.165, 1.54) is 37.4 Å². The Balaban J connectivity index is 2.09. The number of para-hydroxylation sites is 1. The molecule has 0 aliphatic carbocycles. The summed E-state index contributed by atoms with van der Waals surface area (Å²) in [6, 6.07) is 11.6. The van der Waals surface area contributed by atoms with Crippen molar-refractivity contribution in [3.63, 3.8) is 0 Å². The first-order valence-corrected chi connectivity index (χ1v) is 8.76. The molecule has 0 spiro atoms. The van der Waals surface area contributed by atoms with E-state index in [-0.39, 0.29) is 22.0 Å². The van der Waals surface area contributed by atoms with E-state index in [9.17, 15) is 13.2 Å². The number of carbonyl (C=O) groups is 1. The monoisotopic (exact) mass is 365 g/mol. The summed E-state index contributed by atoms with van der Waals surface area (Å²) in [5.74, 6) is 0.195. The highest BCUT2D eigenvalue weighted by Crippen LogP contribution is 2.25. The van der Waals surface area contributed by atoms with Gasteiger partial charge in [0.25, 0.3) is 0 Å². The maximum absolute atomic E-state index is 12.3. The van der Waals surface area contributed by atoms with Gasteiger partial charge >= 0.3 is 16.1 Å². The van der Waals surface area contributed by atoms with E-state index >= 15 is 0 Å².